The largest absolute Gasteiger partial charge is 0.480 e. The van der Waals surface area contributed by atoms with Crippen LogP contribution in [0.25, 0.3) is 0 Å². The summed E-state index contributed by atoms with van der Waals surface area (Å²) in [5.74, 6) is -2.93. The summed E-state index contributed by atoms with van der Waals surface area (Å²) in [5.41, 5.74) is 12.1. The van der Waals surface area contributed by atoms with Crippen molar-refractivity contribution in [2.24, 2.45) is 17.4 Å². The van der Waals surface area contributed by atoms with Crippen LogP contribution in [0, 0.1) is 5.92 Å². The van der Waals surface area contributed by atoms with E-state index in [0.29, 0.717) is 37.9 Å². The van der Waals surface area contributed by atoms with E-state index < -0.39 is 47.9 Å². The number of aromatic nitrogens is 2. The predicted molar refractivity (Wildman–Crippen MR) is 130 cm³/mol. The number of nitrogens with zero attached hydrogens (tertiary/aromatic N) is 1. The van der Waals surface area contributed by atoms with Crippen molar-refractivity contribution in [3.05, 3.63) is 18.2 Å². The number of nitrogens with one attached hydrogen (secondary N) is 4. The molecule has 1 rings (SSSR count). The van der Waals surface area contributed by atoms with E-state index in [1.165, 1.54) is 12.5 Å². The molecule has 0 aliphatic rings. The first kappa shape index (κ1) is 29.4. The van der Waals surface area contributed by atoms with Gasteiger partial charge in [0.1, 0.15) is 18.1 Å². The van der Waals surface area contributed by atoms with Crippen LogP contribution in [-0.4, -0.2) is 75.2 Å². The molecular weight excluding hydrogens is 462 g/mol. The lowest BCUT2D eigenvalue weighted by Crippen LogP contribution is -2.58. The monoisotopic (exact) mass is 499 g/mol. The molecule has 34 heavy (non-hydrogen) atoms. The lowest BCUT2D eigenvalue weighted by atomic mass is 10.0. The first-order valence-corrected chi connectivity index (χ1v) is 11.9. The summed E-state index contributed by atoms with van der Waals surface area (Å²) in [6.45, 7) is 4.30. The number of carbonyl (C=O) groups is 4. The van der Waals surface area contributed by atoms with E-state index in [1.807, 2.05) is 13.8 Å². The highest BCUT2D eigenvalue weighted by Gasteiger charge is 2.30. The zero-order chi connectivity index (χ0) is 25.7. The maximum absolute atomic E-state index is 13.1. The number of carboxylic acids is 1. The molecule has 4 atom stereocenters. The van der Waals surface area contributed by atoms with E-state index in [2.05, 4.69) is 38.5 Å². The number of amides is 3. The summed E-state index contributed by atoms with van der Waals surface area (Å²) in [5, 5.41) is 16.9. The van der Waals surface area contributed by atoms with Gasteiger partial charge in [0, 0.05) is 24.1 Å². The molecule has 3 amide bonds. The number of carbonyl (C=O) groups excluding carboxylic acids is 3. The maximum atomic E-state index is 13.1. The van der Waals surface area contributed by atoms with E-state index in [9.17, 15) is 24.3 Å². The zero-order valence-electron chi connectivity index (χ0n) is 19.6. The fourth-order valence-corrected chi connectivity index (χ4v) is 3.46. The maximum Gasteiger partial charge on any atom is 0.327 e. The van der Waals surface area contributed by atoms with Crippen molar-refractivity contribution < 1.29 is 24.3 Å². The summed E-state index contributed by atoms with van der Waals surface area (Å²) in [6, 6.07) is -4.06. The van der Waals surface area contributed by atoms with Gasteiger partial charge in [-0.25, -0.2) is 9.78 Å². The van der Waals surface area contributed by atoms with Gasteiger partial charge in [0.2, 0.25) is 17.7 Å². The van der Waals surface area contributed by atoms with E-state index in [1.54, 1.807) is 0 Å². The third-order valence-corrected chi connectivity index (χ3v) is 5.42. The van der Waals surface area contributed by atoms with Crippen LogP contribution in [0.1, 0.15) is 45.2 Å². The van der Waals surface area contributed by atoms with Crippen LogP contribution in [-0.2, 0) is 25.6 Å². The lowest BCUT2D eigenvalue weighted by Gasteiger charge is -2.25. The molecule has 0 aromatic carbocycles. The van der Waals surface area contributed by atoms with E-state index in [-0.39, 0.29) is 18.1 Å². The zero-order valence-corrected chi connectivity index (χ0v) is 20.5. The minimum Gasteiger partial charge on any atom is -0.480 e. The number of thiol groups is 1. The fraction of sp³-hybridized carbons (Fsp3) is 0.667. The Morgan fingerprint density at radius 1 is 1.06 bits per heavy atom. The van der Waals surface area contributed by atoms with Crippen molar-refractivity contribution in [3.63, 3.8) is 0 Å². The fourth-order valence-electron chi connectivity index (χ4n) is 3.21. The molecule has 12 nitrogen and oxygen atoms in total. The molecule has 0 fully saturated rings. The van der Waals surface area contributed by atoms with Crippen LogP contribution in [0.3, 0.4) is 0 Å². The van der Waals surface area contributed by atoms with Crippen molar-refractivity contribution in [1.29, 1.82) is 0 Å². The number of aliphatic carboxylic acids is 1. The van der Waals surface area contributed by atoms with Gasteiger partial charge in [-0.3, -0.25) is 14.4 Å². The highest BCUT2D eigenvalue weighted by Crippen LogP contribution is 2.07. The number of H-pyrrole nitrogens is 1. The van der Waals surface area contributed by atoms with E-state index >= 15 is 0 Å². The van der Waals surface area contributed by atoms with Gasteiger partial charge in [0.05, 0.1) is 12.4 Å². The number of imidazole rings is 1. The van der Waals surface area contributed by atoms with E-state index in [0.717, 1.165) is 0 Å². The molecule has 0 aliphatic heterocycles. The van der Waals surface area contributed by atoms with Crippen LogP contribution in [0.5, 0.6) is 0 Å². The predicted octanol–water partition coefficient (Wildman–Crippen LogP) is -1.08. The highest BCUT2D eigenvalue weighted by atomic mass is 32.1. The van der Waals surface area contributed by atoms with Gasteiger partial charge in [0.25, 0.3) is 0 Å². The van der Waals surface area contributed by atoms with Crippen LogP contribution in [0.2, 0.25) is 0 Å². The van der Waals surface area contributed by atoms with Gasteiger partial charge < -0.3 is 37.5 Å². The second-order valence-electron chi connectivity index (χ2n) is 8.51. The third-order valence-electron chi connectivity index (χ3n) is 5.05. The van der Waals surface area contributed by atoms with Crippen molar-refractivity contribution in [2.45, 2.75) is 70.1 Å². The van der Waals surface area contributed by atoms with Crippen LogP contribution in [0.4, 0.5) is 0 Å². The molecule has 192 valence electrons. The van der Waals surface area contributed by atoms with Crippen molar-refractivity contribution in [2.75, 3.05) is 12.3 Å². The minimum atomic E-state index is -1.25. The Balaban J connectivity index is 3.00. The Labute approximate surface area is 204 Å². The Bertz CT molecular complexity index is 790. The molecule has 0 spiro atoms. The first-order chi connectivity index (χ1) is 16.1. The summed E-state index contributed by atoms with van der Waals surface area (Å²) in [4.78, 5) is 56.6. The highest BCUT2D eigenvalue weighted by molar-refractivity contribution is 7.80. The van der Waals surface area contributed by atoms with Crippen molar-refractivity contribution in [1.82, 2.24) is 25.9 Å². The van der Waals surface area contributed by atoms with Crippen molar-refractivity contribution in [3.8, 4) is 0 Å². The second kappa shape index (κ2) is 15.3. The first-order valence-electron chi connectivity index (χ1n) is 11.3. The molecule has 4 unspecified atom stereocenters. The molecule has 0 radical (unpaired) electrons. The number of hydrogen-bond donors (Lipinski definition) is 8. The molecule has 0 saturated heterocycles. The summed E-state index contributed by atoms with van der Waals surface area (Å²) in [7, 11) is 0. The minimum absolute atomic E-state index is 0.0345. The quantitative estimate of drug-likeness (QED) is 0.103. The van der Waals surface area contributed by atoms with Crippen LogP contribution in [0.15, 0.2) is 12.5 Å². The Hall–Kier alpha value is -2.64. The number of unbranched alkanes of at least 4 members (excludes halogenated alkanes) is 1. The standard InChI is InChI=1S/C21H37N7O5S/c1-12(2)7-14(23)18(29)26-15(5-3-4-6-22)19(30)27-16(8-13-9-24-11-25-13)20(31)28-17(10-34)21(32)33/h9,11-12,14-17,34H,3-8,10,22-23H2,1-2H3,(H,24,25)(H,26,29)(H,27,30)(H,28,31)(H,32,33). The van der Waals surface area contributed by atoms with Gasteiger partial charge in [0.15, 0.2) is 0 Å². The Kier molecular flexibility index (Phi) is 13.2. The molecule has 0 bridgehead atoms. The molecule has 1 aromatic heterocycles. The van der Waals surface area contributed by atoms with Crippen LogP contribution < -0.4 is 27.4 Å². The van der Waals surface area contributed by atoms with Gasteiger partial charge in [-0.05, 0) is 38.1 Å². The molecular formula is C21H37N7O5S. The van der Waals surface area contributed by atoms with Crippen LogP contribution >= 0.6 is 12.6 Å². The summed E-state index contributed by atoms with van der Waals surface area (Å²) < 4.78 is 0. The molecule has 9 N–H and O–H groups in total. The second-order valence-corrected chi connectivity index (χ2v) is 8.87. The molecule has 13 heteroatoms. The molecule has 1 heterocycles. The van der Waals surface area contributed by atoms with Gasteiger partial charge in [-0.15, -0.1) is 0 Å². The number of hydrogen-bond acceptors (Lipinski definition) is 8. The van der Waals surface area contributed by atoms with Gasteiger partial charge in [-0.1, -0.05) is 13.8 Å². The molecule has 1 aromatic rings. The van der Waals surface area contributed by atoms with Crippen molar-refractivity contribution >= 4 is 36.3 Å². The third kappa shape index (κ3) is 10.5. The topological polar surface area (TPSA) is 205 Å². The lowest BCUT2D eigenvalue weighted by molar-refractivity contribution is -0.141. The number of carboxylic acid groups (broad SMARTS) is 1. The normalized spacial score (nSPS) is 14.6. The average Bonchev–Trinajstić information content (AvgIpc) is 3.28. The Morgan fingerprint density at radius 2 is 1.68 bits per heavy atom. The smallest absolute Gasteiger partial charge is 0.327 e. The van der Waals surface area contributed by atoms with Gasteiger partial charge >= 0.3 is 5.97 Å². The number of aromatic amines is 1. The van der Waals surface area contributed by atoms with E-state index in [4.69, 9.17) is 11.5 Å². The average molecular weight is 500 g/mol. The Morgan fingerprint density at radius 3 is 2.21 bits per heavy atom. The summed E-state index contributed by atoms with van der Waals surface area (Å²) >= 11 is 3.95. The molecule has 0 saturated carbocycles. The number of nitrogens with two attached hydrogens (primary N) is 2. The molecule has 0 aliphatic carbocycles. The van der Waals surface area contributed by atoms with Gasteiger partial charge in [-0.2, -0.15) is 12.6 Å². The SMILES string of the molecule is CC(C)CC(N)C(=O)NC(CCCCN)C(=O)NC(Cc1cnc[nH]1)C(=O)NC(CS)C(=O)O. The number of rotatable bonds is 16. The summed E-state index contributed by atoms with van der Waals surface area (Å²) in [6.07, 6.45) is 4.93.